The molecule has 0 spiro atoms. The summed E-state index contributed by atoms with van der Waals surface area (Å²) in [7, 11) is 1.10. The molecule has 3 aromatic rings. The Kier molecular flexibility index (Phi) is 4.48. The molecule has 1 aromatic carbocycles. The van der Waals surface area contributed by atoms with Crippen LogP contribution in [0.2, 0.25) is 10.0 Å². The number of alkyl halides is 3. The predicted octanol–water partition coefficient (Wildman–Crippen LogP) is 5.88. The predicted molar refractivity (Wildman–Crippen MR) is 88.6 cm³/mol. The van der Waals surface area contributed by atoms with Crippen LogP contribution in [0.4, 0.5) is 17.6 Å². The second-order valence-electron chi connectivity index (χ2n) is 4.71. The Morgan fingerprint density at radius 1 is 1.29 bits per heavy atom. The molecular formula is C13H7Cl2F4N3S2. The van der Waals surface area contributed by atoms with Gasteiger partial charge in [-0.1, -0.05) is 35.0 Å². The molecule has 0 saturated heterocycles. The Bertz CT molecular complexity index is 949. The number of thiazole rings is 1. The van der Waals surface area contributed by atoms with E-state index in [1.807, 2.05) is 0 Å². The smallest absolute Gasteiger partial charge is 0.262 e. The Balaban J connectivity index is 2.37. The van der Waals surface area contributed by atoms with Crippen molar-refractivity contribution < 1.29 is 17.6 Å². The van der Waals surface area contributed by atoms with E-state index in [1.165, 1.54) is 11.8 Å². The van der Waals surface area contributed by atoms with Crippen LogP contribution in [0.5, 0.6) is 0 Å². The van der Waals surface area contributed by atoms with Gasteiger partial charge in [0.15, 0.2) is 10.0 Å². The molecule has 0 N–H and O–H groups in total. The molecule has 2 heterocycles. The van der Waals surface area contributed by atoms with Gasteiger partial charge in [-0.05, 0) is 12.3 Å². The number of nitrogens with zero attached hydrogens (tertiary/aromatic N) is 3. The summed E-state index contributed by atoms with van der Waals surface area (Å²) in [4.78, 5) is 4.25. The molecule has 0 bridgehead atoms. The summed E-state index contributed by atoms with van der Waals surface area (Å²) >= 11 is 14.3. The highest BCUT2D eigenvalue weighted by atomic mass is 35.5. The SMILES string of the molecule is CSc1nc2c(Cl)cc(F)c(-c3nn(C)c(C(F)(F)F)c3Cl)c2s1. The standard InChI is InChI=1S/C13H7Cl2F4N3S2/c1-22-11(13(17,18)19)7(15)9(21-22)6-5(16)3-4(14)8-10(6)24-12(20-8)23-2/h3H,1-2H3. The van der Waals surface area contributed by atoms with Gasteiger partial charge in [-0.15, -0.1) is 11.3 Å². The first-order valence-electron chi connectivity index (χ1n) is 6.27. The molecule has 2 aromatic heterocycles. The van der Waals surface area contributed by atoms with E-state index < -0.39 is 22.7 Å². The van der Waals surface area contributed by atoms with Gasteiger partial charge in [0.1, 0.15) is 17.0 Å². The molecule has 0 radical (unpaired) electrons. The van der Waals surface area contributed by atoms with Crippen molar-refractivity contribution in [3.8, 4) is 11.3 Å². The van der Waals surface area contributed by atoms with Gasteiger partial charge in [0, 0.05) is 7.05 Å². The van der Waals surface area contributed by atoms with E-state index in [1.54, 1.807) is 6.26 Å². The number of benzene rings is 1. The van der Waals surface area contributed by atoms with E-state index in [2.05, 4.69) is 10.1 Å². The van der Waals surface area contributed by atoms with Gasteiger partial charge in [0.25, 0.3) is 0 Å². The molecule has 0 atom stereocenters. The zero-order chi connectivity index (χ0) is 17.8. The van der Waals surface area contributed by atoms with Gasteiger partial charge < -0.3 is 0 Å². The molecule has 0 aliphatic carbocycles. The second-order valence-corrected chi connectivity index (χ2v) is 7.55. The fraction of sp³-hybridized carbons (Fsp3) is 0.231. The number of aryl methyl sites for hydroxylation is 1. The van der Waals surface area contributed by atoms with Crippen LogP contribution < -0.4 is 0 Å². The zero-order valence-electron chi connectivity index (χ0n) is 12.0. The first-order valence-corrected chi connectivity index (χ1v) is 9.07. The molecule has 0 aliphatic heterocycles. The molecule has 24 heavy (non-hydrogen) atoms. The quantitative estimate of drug-likeness (QED) is 0.386. The maximum Gasteiger partial charge on any atom is 0.434 e. The molecule has 3 rings (SSSR count). The largest absolute Gasteiger partial charge is 0.434 e. The Labute approximate surface area is 151 Å². The lowest BCUT2D eigenvalue weighted by atomic mass is 10.1. The van der Waals surface area contributed by atoms with E-state index >= 15 is 0 Å². The lowest BCUT2D eigenvalue weighted by Crippen LogP contribution is -2.12. The summed E-state index contributed by atoms with van der Waals surface area (Å²) in [5.74, 6) is -0.808. The number of aromatic nitrogens is 3. The van der Waals surface area contributed by atoms with Crippen LogP contribution in [0.1, 0.15) is 5.69 Å². The minimum absolute atomic E-state index is 0.0749. The number of thioether (sulfide) groups is 1. The maximum atomic E-state index is 14.5. The van der Waals surface area contributed by atoms with Crippen LogP contribution in [-0.2, 0) is 13.2 Å². The molecule has 0 aliphatic rings. The lowest BCUT2D eigenvalue weighted by molar-refractivity contribution is -0.143. The Hall–Kier alpha value is -1.03. The van der Waals surface area contributed by atoms with Gasteiger partial charge in [0.05, 0.1) is 20.3 Å². The third kappa shape index (κ3) is 2.77. The lowest BCUT2D eigenvalue weighted by Gasteiger charge is -2.06. The maximum absolute atomic E-state index is 14.5. The van der Waals surface area contributed by atoms with Crippen molar-refractivity contribution in [1.29, 1.82) is 0 Å². The molecule has 0 saturated carbocycles. The van der Waals surface area contributed by atoms with Crippen molar-refractivity contribution in [1.82, 2.24) is 14.8 Å². The van der Waals surface area contributed by atoms with Crippen LogP contribution in [0, 0.1) is 5.82 Å². The third-order valence-electron chi connectivity index (χ3n) is 3.22. The van der Waals surface area contributed by atoms with Crippen molar-refractivity contribution in [3.63, 3.8) is 0 Å². The van der Waals surface area contributed by atoms with Crippen molar-refractivity contribution in [3.05, 3.63) is 27.6 Å². The number of hydrogen-bond acceptors (Lipinski definition) is 4. The average Bonchev–Trinajstić information content (AvgIpc) is 3.00. The molecule has 11 heteroatoms. The zero-order valence-corrected chi connectivity index (χ0v) is 15.1. The number of rotatable bonds is 2. The van der Waals surface area contributed by atoms with Crippen LogP contribution >= 0.6 is 46.3 Å². The number of fused-ring (bicyclic) bond motifs is 1. The molecule has 0 fully saturated rings. The Morgan fingerprint density at radius 3 is 2.50 bits per heavy atom. The van der Waals surface area contributed by atoms with E-state index in [-0.39, 0.29) is 16.3 Å². The topological polar surface area (TPSA) is 30.7 Å². The summed E-state index contributed by atoms with van der Waals surface area (Å²) in [6.45, 7) is 0. The Morgan fingerprint density at radius 2 is 1.96 bits per heavy atom. The molecule has 0 amide bonds. The van der Waals surface area contributed by atoms with Gasteiger partial charge in [-0.3, -0.25) is 4.68 Å². The summed E-state index contributed by atoms with van der Waals surface area (Å²) in [6, 6.07) is 1.00. The summed E-state index contributed by atoms with van der Waals surface area (Å²) < 4.78 is 55.3. The van der Waals surface area contributed by atoms with Crippen molar-refractivity contribution >= 4 is 56.5 Å². The summed E-state index contributed by atoms with van der Waals surface area (Å²) in [5.41, 5.74) is -1.26. The molecule has 0 unspecified atom stereocenters. The molecule has 3 nitrogen and oxygen atoms in total. The van der Waals surface area contributed by atoms with E-state index in [9.17, 15) is 17.6 Å². The normalized spacial score (nSPS) is 12.3. The summed E-state index contributed by atoms with van der Waals surface area (Å²) in [5, 5.41) is 3.19. The van der Waals surface area contributed by atoms with Gasteiger partial charge in [-0.2, -0.15) is 18.3 Å². The first-order chi connectivity index (χ1) is 11.1. The number of hydrogen-bond donors (Lipinski definition) is 0. The van der Waals surface area contributed by atoms with E-state index in [0.717, 1.165) is 24.5 Å². The second kappa shape index (κ2) is 6.05. The number of halogens is 6. The van der Waals surface area contributed by atoms with Crippen molar-refractivity contribution in [2.75, 3.05) is 6.26 Å². The first kappa shape index (κ1) is 17.8. The average molecular weight is 416 g/mol. The van der Waals surface area contributed by atoms with Gasteiger partial charge >= 0.3 is 6.18 Å². The van der Waals surface area contributed by atoms with Crippen LogP contribution in [0.3, 0.4) is 0 Å². The van der Waals surface area contributed by atoms with Gasteiger partial charge in [-0.25, -0.2) is 9.37 Å². The van der Waals surface area contributed by atoms with Crippen LogP contribution in [0.15, 0.2) is 10.4 Å². The molecular weight excluding hydrogens is 409 g/mol. The van der Waals surface area contributed by atoms with E-state index in [4.69, 9.17) is 23.2 Å². The highest BCUT2D eigenvalue weighted by Crippen LogP contribution is 2.45. The minimum atomic E-state index is -4.71. The fourth-order valence-electron chi connectivity index (χ4n) is 2.27. The van der Waals surface area contributed by atoms with Crippen molar-refractivity contribution in [2.24, 2.45) is 7.05 Å². The fourth-order valence-corrected chi connectivity index (χ4v) is 4.54. The van der Waals surface area contributed by atoms with Crippen LogP contribution in [-0.4, -0.2) is 21.0 Å². The minimum Gasteiger partial charge on any atom is -0.262 e. The summed E-state index contributed by atoms with van der Waals surface area (Å²) in [6.07, 6.45) is -2.94. The van der Waals surface area contributed by atoms with E-state index in [0.29, 0.717) is 19.2 Å². The third-order valence-corrected chi connectivity index (χ3v) is 5.93. The van der Waals surface area contributed by atoms with Gasteiger partial charge in [0.2, 0.25) is 0 Å². The molecule has 128 valence electrons. The monoisotopic (exact) mass is 415 g/mol. The highest BCUT2D eigenvalue weighted by molar-refractivity contribution is 8.00. The van der Waals surface area contributed by atoms with Crippen LogP contribution in [0.25, 0.3) is 21.5 Å². The highest BCUT2D eigenvalue weighted by Gasteiger charge is 2.39. The van der Waals surface area contributed by atoms with Crippen molar-refractivity contribution in [2.45, 2.75) is 10.5 Å².